The van der Waals surface area contributed by atoms with Crippen molar-refractivity contribution >= 4 is 20.0 Å². The lowest BCUT2D eigenvalue weighted by Gasteiger charge is -2.28. The molecule has 0 amide bonds. The highest BCUT2D eigenvalue weighted by Crippen LogP contribution is 2.55. The van der Waals surface area contributed by atoms with E-state index in [1.165, 1.54) is 13.0 Å². The van der Waals surface area contributed by atoms with Crippen molar-refractivity contribution in [2.24, 2.45) is 0 Å². The Balaban J connectivity index is 1.57. The number of benzene rings is 1. The van der Waals surface area contributed by atoms with Crippen molar-refractivity contribution in [2.75, 3.05) is 6.61 Å². The van der Waals surface area contributed by atoms with Gasteiger partial charge in [0.1, 0.15) is 24.6 Å². The minimum absolute atomic E-state index is 0.102. The fraction of sp³-hybridized carbons (Fsp3) is 0.412. The number of alkyl halides is 1. The van der Waals surface area contributed by atoms with Crippen molar-refractivity contribution in [3.63, 3.8) is 0 Å². The molecule has 10 nitrogen and oxygen atoms in total. The first kappa shape index (κ1) is 20.0. The third kappa shape index (κ3) is 3.76. The summed E-state index contributed by atoms with van der Waals surface area (Å²) >= 11 is 4.97. The molecule has 0 radical (unpaired) electrons. The molecule has 2 aromatic rings. The summed E-state index contributed by atoms with van der Waals surface area (Å²) in [6.07, 6.45) is -6.00. The quantitative estimate of drug-likeness (QED) is 0.461. The van der Waals surface area contributed by atoms with Crippen LogP contribution in [0.3, 0.4) is 0 Å². The first-order valence-corrected chi connectivity index (χ1v) is 10.6. The summed E-state index contributed by atoms with van der Waals surface area (Å²) in [5.41, 5.74) is 0.163. The molecule has 1 aromatic carbocycles. The summed E-state index contributed by atoms with van der Waals surface area (Å²) in [4.78, 5) is 13.9. The van der Waals surface area contributed by atoms with Crippen molar-refractivity contribution in [3.05, 3.63) is 56.7 Å². The van der Waals surface area contributed by atoms with Gasteiger partial charge in [-0.3, -0.25) is 23.4 Å². The van der Waals surface area contributed by atoms with Crippen molar-refractivity contribution in [1.29, 1.82) is 0 Å². The zero-order chi connectivity index (χ0) is 22.6. The molecule has 0 aliphatic carbocycles. The number of aromatic amines is 1. The molecule has 3 N–H and O–H groups in total. The van der Waals surface area contributed by atoms with Crippen LogP contribution in [0.2, 0.25) is 0 Å². The summed E-state index contributed by atoms with van der Waals surface area (Å²) in [5, 5.41) is 20.6. The maximum atomic E-state index is 15.4. The van der Waals surface area contributed by atoms with E-state index in [0.717, 1.165) is 10.8 Å². The summed E-state index contributed by atoms with van der Waals surface area (Å²) in [6, 6.07) is 6.56. The summed E-state index contributed by atoms with van der Waals surface area (Å²) in [5.74, 6) is -2.95. The number of phosphoric ester groups is 1. The van der Waals surface area contributed by atoms with E-state index in [2.05, 4.69) is 4.98 Å². The van der Waals surface area contributed by atoms with Crippen LogP contribution in [0.15, 0.2) is 35.3 Å². The van der Waals surface area contributed by atoms with Crippen LogP contribution in [0.1, 0.15) is 18.7 Å². The number of para-hydroxylation sites is 1. The maximum absolute atomic E-state index is 15.4. The van der Waals surface area contributed by atoms with E-state index < -0.39 is 44.3 Å². The molecular weight excluding hydrogens is 442 g/mol. The number of nitrogens with zero attached hydrogens (tertiary/aromatic N) is 1. The second-order valence-electron chi connectivity index (χ2n) is 6.75. The highest BCUT2D eigenvalue weighted by molar-refractivity contribution is 7.71. The van der Waals surface area contributed by atoms with Crippen LogP contribution in [-0.2, 0) is 25.0 Å². The van der Waals surface area contributed by atoms with E-state index in [-0.39, 0.29) is 22.7 Å². The van der Waals surface area contributed by atoms with Gasteiger partial charge in [0.15, 0.2) is 11.0 Å². The molecule has 162 valence electrons. The van der Waals surface area contributed by atoms with Gasteiger partial charge in [0.2, 0.25) is 0 Å². The van der Waals surface area contributed by atoms with Crippen LogP contribution >= 0.6 is 20.0 Å². The van der Waals surface area contributed by atoms with Gasteiger partial charge in [-0.25, -0.2) is 8.96 Å². The van der Waals surface area contributed by atoms with E-state index in [4.69, 9.17) is 31.9 Å². The number of rotatable bonds is 4. The van der Waals surface area contributed by atoms with Gasteiger partial charge in [-0.05, 0) is 25.2 Å². The number of phosphoric acid groups is 1. The molecule has 1 unspecified atom stereocenters. The van der Waals surface area contributed by atoms with Gasteiger partial charge in [0.25, 0.3) is 11.4 Å². The molecule has 2 aliphatic heterocycles. The Morgan fingerprint density at radius 1 is 1.50 bits per heavy atom. The molecule has 3 heterocycles. The van der Waals surface area contributed by atoms with Gasteiger partial charge in [-0.2, -0.15) is 0 Å². The minimum Gasteiger partial charge on any atom is -0.404 e. The molecule has 0 spiro atoms. The van der Waals surface area contributed by atoms with Gasteiger partial charge >= 0.3 is 7.82 Å². The van der Waals surface area contributed by atoms with Crippen LogP contribution < -0.4 is 10.1 Å². The molecule has 30 heavy (non-hydrogen) atoms. The van der Waals surface area contributed by atoms with Gasteiger partial charge in [-0.1, -0.05) is 18.2 Å². The Labute approximate surface area is 175 Å². The second kappa shape index (κ2) is 7.65. The molecule has 1 saturated heterocycles. The topological polar surface area (TPSA) is 132 Å². The smallest absolute Gasteiger partial charge is 0.404 e. The molecule has 0 saturated carbocycles. The predicted octanol–water partition coefficient (Wildman–Crippen LogP) is 1.86. The Morgan fingerprint density at radius 2 is 2.23 bits per heavy atom. The zero-order valence-corrected chi connectivity index (χ0v) is 17.2. The molecule has 2 aliphatic rings. The number of aromatic nitrogens is 2. The monoisotopic (exact) mass is 461 g/mol. The number of aliphatic hydroxyl groups excluding tert-OH is 2. The fourth-order valence-electron chi connectivity index (χ4n) is 2.94. The average molecular weight is 461 g/mol. The Morgan fingerprint density at radius 3 is 3.00 bits per heavy atom. The van der Waals surface area contributed by atoms with Crippen LogP contribution in [0.4, 0.5) is 4.39 Å². The lowest BCUT2D eigenvalue weighted by molar-refractivity contribution is -0.205. The molecule has 4 rings (SSSR count). The molecule has 5 atom stereocenters. The van der Waals surface area contributed by atoms with Gasteiger partial charge in [0.05, 0.1) is 7.98 Å². The Hall–Kier alpha value is -1.92. The molecule has 0 bridgehead atoms. The fourth-order valence-corrected chi connectivity index (χ4v) is 4.41. The number of aryl methyl sites for hydroxylation is 1. The van der Waals surface area contributed by atoms with Crippen molar-refractivity contribution in [2.45, 2.75) is 37.8 Å². The number of ether oxygens (including phenoxy) is 1. The van der Waals surface area contributed by atoms with Crippen LogP contribution in [0, 0.1) is 11.7 Å². The number of halogens is 1. The normalized spacial score (nSPS) is 36.1. The largest absolute Gasteiger partial charge is 0.530 e. The number of fused-ring (bicyclic) bond motifs is 1. The summed E-state index contributed by atoms with van der Waals surface area (Å²) < 4.78 is 57.3. The number of hydrogen-bond acceptors (Lipinski definition) is 9. The third-order valence-corrected chi connectivity index (χ3v) is 6.22. The van der Waals surface area contributed by atoms with Gasteiger partial charge in [0, 0.05) is 17.3 Å². The van der Waals surface area contributed by atoms with Crippen LogP contribution in [-0.4, -0.2) is 44.4 Å². The van der Waals surface area contributed by atoms with E-state index in [1.54, 1.807) is 18.2 Å². The third-order valence-electron chi connectivity index (χ3n) is 4.61. The zero-order valence-electron chi connectivity index (χ0n) is 16.5. The van der Waals surface area contributed by atoms with Crippen LogP contribution in [0.25, 0.3) is 0 Å². The van der Waals surface area contributed by atoms with E-state index in [0.29, 0.717) is 5.56 Å². The number of nitrogens with one attached hydrogen (secondary N) is 1. The van der Waals surface area contributed by atoms with Crippen molar-refractivity contribution in [1.82, 2.24) is 9.55 Å². The SMILES string of the molecule is [2H][C@@]1(n2cc(C)c(=O)[nH]c2=S)O[C@](F)(COP2(=O)OCc3ccccc3O2)[C@@H](O)[C@H]1O. The standard InChI is InChI=1S/C17H18FN2O8PS/c1-9-6-20(16(30)19-14(9)23)15-12(21)13(22)17(18,27-15)8-26-29(24)25-7-10-4-2-3-5-11(10)28-29/h2-6,12-13,15,21-22H,7-8H2,1H3,(H,19,23,30)/t12-,13+,15-,17-,29?/m1/s1/i15D. The highest BCUT2D eigenvalue weighted by atomic mass is 32.1. The Bertz CT molecular complexity index is 1190. The first-order chi connectivity index (χ1) is 14.5. The number of hydrogen-bond donors (Lipinski definition) is 3. The maximum Gasteiger partial charge on any atom is 0.530 e. The van der Waals surface area contributed by atoms with Crippen molar-refractivity contribution in [3.8, 4) is 5.75 Å². The lowest BCUT2D eigenvalue weighted by atomic mass is 10.1. The summed E-state index contributed by atoms with van der Waals surface area (Å²) in [7, 11) is -4.27. The van der Waals surface area contributed by atoms with Gasteiger partial charge < -0.3 is 19.5 Å². The van der Waals surface area contributed by atoms with Gasteiger partial charge in [-0.15, -0.1) is 0 Å². The highest BCUT2D eigenvalue weighted by Gasteiger charge is 2.57. The van der Waals surface area contributed by atoms with Crippen molar-refractivity contribution < 1.29 is 38.8 Å². The predicted molar refractivity (Wildman–Crippen MR) is 102 cm³/mol. The lowest BCUT2D eigenvalue weighted by Crippen LogP contribution is -2.43. The summed E-state index contributed by atoms with van der Waals surface area (Å²) in [6.45, 7) is 0.0895. The molecule has 13 heteroatoms. The second-order valence-corrected chi connectivity index (χ2v) is 8.73. The number of aliphatic hydroxyl groups is 2. The van der Waals surface area contributed by atoms with E-state index in [9.17, 15) is 19.6 Å². The van der Waals surface area contributed by atoms with E-state index in [1.807, 2.05) is 0 Å². The Kier molecular flexibility index (Phi) is 5.10. The number of H-pyrrole nitrogens is 1. The minimum atomic E-state index is -4.27. The first-order valence-electron chi connectivity index (χ1n) is 9.22. The molecular formula is C17H18FN2O8PS. The molecule has 1 fully saturated rings. The van der Waals surface area contributed by atoms with E-state index >= 15 is 4.39 Å². The average Bonchev–Trinajstić information content (AvgIpc) is 2.90. The van der Waals surface area contributed by atoms with Crippen LogP contribution in [0.5, 0.6) is 5.75 Å². The molecule has 1 aromatic heterocycles.